The first-order valence-electron chi connectivity index (χ1n) is 13.9. The molecule has 3 N–H and O–H groups in total. The van der Waals surface area contributed by atoms with Crippen molar-refractivity contribution in [2.45, 2.75) is 48.7 Å². The molecule has 0 radical (unpaired) electrons. The summed E-state index contributed by atoms with van der Waals surface area (Å²) < 4.78 is 41.6. The van der Waals surface area contributed by atoms with Crippen LogP contribution in [0.4, 0.5) is 11.4 Å². The van der Waals surface area contributed by atoms with Gasteiger partial charge >= 0.3 is 0 Å². The number of ether oxygens (including phenoxy) is 2. The second kappa shape index (κ2) is 13.7. The lowest BCUT2D eigenvalue weighted by molar-refractivity contribution is -0.268. The fraction of sp³-hybridized carbons (Fsp3) is 0.242. The zero-order valence-corrected chi connectivity index (χ0v) is 25.5. The number of aliphatic hydroxyl groups is 1. The molecule has 224 valence electrons. The predicted molar refractivity (Wildman–Crippen MR) is 168 cm³/mol. The maximum atomic E-state index is 13.0. The Morgan fingerprint density at radius 1 is 0.860 bits per heavy atom. The van der Waals surface area contributed by atoms with Gasteiger partial charge in [0.1, 0.15) is 0 Å². The van der Waals surface area contributed by atoms with Crippen LogP contribution in [0.25, 0.3) is 0 Å². The Labute approximate surface area is 256 Å². The second-order valence-corrected chi connectivity index (χ2v) is 13.2. The van der Waals surface area contributed by atoms with E-state index in [1.807, 2.05) is 54.6 Å². The minimum atomic E-state index is -3.77. The molecule has 1 aliphatic rings. The van der Waals surface area contributed by atoms with Crippen LogP contribution in [0, 0.1) is 5.92 Å². The number of carbonyl (C=O) groups excluding carboxylic acids is 1. The highest BCUT2D eigenvalue weighted by molar-refractivity contribution is 7.99. The molecule has 4 aromatic carbocycles. The summed E-state index contributed by atoms with van der Waals surface area (Å²) in [6, 6.07) is 30.6. The molecule has 10 heteroatoms. The van der Waals surface area contributed by atoms with Crippen molar-refractivity contribution in [1.29, 1.82) is 0 Å². The number of thioether (sulfide) groups is 1. The fourth-order valence-electron chi connectivity index (χ4n) is 4.89. The van der Waals surface area contributed by atoms with Crippen LogP contribution in [0.2, 0.25) is 0 Å². The third-order valence-corrected chi connectivity index (χ3v) is 9.67. The van der Waals surface area contributed by atoms with E-state index in [1.54, 1.807) is 60.3 Å². The summed E-state index contributed by atoms with van der Waals surface area (Å²) in [5, 5.41) is 12.3. The van der Waals surface area contributed by atoms with Crippen LogP contribution in [-0.2, 0) is 30.9 Å². The Morgan fingerprint density at radius 3 is 2.26 bits per heavy atom. The average molecular weight is 619 g/mol. The van der Waals surface area contributed by atoms with Crippen molar-refractivity contribution in [2.24, 2.45) is 5.92 Å². The lowest BCUT2D eigenvalue weighted by atomic mass is 9.91. The quantitative estimate of drug-likeness (QED) is 0.173. The molecule has 0 bridgehead atoms. The van der Waals surface area contributed by atoms with Gasteiger partial charge in [0.05, 0.1) is 23.7 Å². The van der Waals surface area contributed by atoms with E-state index < -0.39 is 16.3 Å². The van der Waals surface area contributed by atoms with Crippen molar-refractivity contribution in [3.05, 3.63) is 120 Å². The summed E-state index contributed by atoms with van der Waals surface area (Å²) in [7, 11) is -3.77. The van der Waals surface area contributed by atoms with E-state index >= 15 is 0 Å². The molecule has 0 spiro atoms. The Morgan fingerprint density at radius 2 is 1.58 bits per heavy atom. The summed E-state index contributed by atoms with van der Waals surface area (Å²) in [5.74, 6) is 0.513. The monoisotopic (exact) mass is 618 g/mol. The molecule has 0 saturated carbocycles. The first-order valence-corrected chi connectivity index (χ1v) is 16.4. The highest BCUT2D eigenvalue weighted by Crippen LogP contribution is 2.43. The first kappa shape index (κ1) is 30.8. The van der Waals surface area contributed by atoms with E-state index in [9.17, 15) is 18.3 Å². The lowest BCUT2D eigenvalue weighted by Crippen LogP contribution is -2.38. The number of nitrogens with one attached hydrogen (secondary N) is 2. The summed E-state index contributed by atoms with van der Waals surface area (Å²) in [4.78, 5) is 12.6. The number of hydrogen-bond acceptors (Lipinski definition) is 7. The molecule has 1 fully saturated rings. The molecule has 5 rings (SSSR count). The molecule has 1 amide bonds. The zero-order chi connectivity index (χ0) is 30.4. The van der Waals surface area contributed by atoms with Gasteiger partial charge in [0.15, 0.2) is 6.29 Å². The van der Waals surface area contributed by atoms with Gasteiger partial charge in [-0.2, -0.15) is 0 Å². The number of rotatable bonds is 10. The molecular formula is C33H34N2O6S2. The van der Waals surface area contributed by atoms with Crippen LogP contribution in [0.5, 0.6) is 0 Å². The largest absolute Gasteiger partial charge is 0.392 e. The van der Waals surface area contributed by atoms with Crippen LogP contribution >= 0.6 is 11.8 Å². The summed E-state index contributed by atoms with van der Waals surface area (Å²) in [5.41, 5.74) is 3.61. The third kappa shape index (κ3) is 7.84. The maximum absolute atomic E-state index is 13.0. The Bertz CT molecular complexity index is 1630. The van der Waals surface area contributed by atoms with Crippen molar-refractivity contribution in [1.82, 2.24) is 0 Å². The topological polar surface area (TPSA) is 114 Å². The van der Waals surface area contributed by atoms with Crippen molar-refractivity contribution in [3.63, 3.8) is 0 Å². The number of sulfonamides is 1. The Hall–Kier alpha value is -3.67. The number of hydrogen-bond donors (Lipinski definition) is 3. The van der Waals surface area contributed by atoms with Crippen LogP contribution in [-0.4, -0.2) is 31.3 Å². The number of amides is 1. The second-order valence-electron chi connectivity index (χ2n) is 10.4. The van der Waals surface area contributed by atoms with Crippen molar-refractivity contribution in [3.8, 4) is 0 Å². The number of aliphatic hydroxyl groups excluding tert-OH is 1. The maximum Gasteiger partial charge on any atom is 0.261 e. The normalized spacial score (nSPS) is 20.3. The molecule has 8 nitrogen and oxygen atoms in total. The molecule has 1 saturated heterocycles. The summed E-state index contributed by atoms with van der Waals surface area (Å²) in [6.45, 7) is 3.53. The third-order valence-electron chi connectivity index (χ3n) is 7.18. The SMILES string of the molecule is CC(=O)Nc1ccc(SC[C@H]2OC(c3cccc(NS(=O)(=O)c4ccccc4)c3)O[C@@H](c3ccc(CO)cc3)[C@H]2C)cc1. The van der Waals surface area contributed by atoms with E-state index in [2.05, 4.69) is 17.0 Å². The van der Waals surface area contributed by atoms with E-state index in [0.717, 1.165) is 21.7 Å². The van der Waals surface area contributed by atoms with Gasteiger partial charge in [-0.15, -0.1) is 11.8 Å². The Balaban J connectivity index is 1.38. The highest BCUT2D eigenvalue weighted by atomic mass is 32.2. The summed E-state index contributed by atoms with van der Waals surface area (Å²) in [6.07, 6.45) is -1.25. The van der Waals surface area contributed by atoms with E-state index in [1.165, 1.54) is 6.92 Å². The first-order chi connectivity index (χ1) is 20.7. The molecule has 43 heavy (non-hydrogen) atoms. The standard InChI is InChI=1S/C33H34N2O6S2/c1-22-31(21-42-29-17-15-27(16-18-29)34-23(2)37)40-33(41-32(22)25-13-11-24(20-36)12-14-25)26-7-6-8-28(19-26)35-43(38,39)30-9-4-3-5-10-30/h3-19,22,31-33,35-36H,20-21H2,1-2H3,(H,34,37)/t22-,31+,32+,33?/m0/s1. The highest BCUT2D eigenvalue weighted by Gasteiger charge is 2.38. The number of carbonyl (C=O) groups is 1. The lowest BCUT2D eigenvalue weighted by Gasteiger charge is -2.41. The van der Waals surface area contributed by atoms with Crippen LogP contribution in [0.1, 0.15) is 42.9 Å². The zero-order valence-electron chi connectivity index (χ0n) is 23.8. The van der Waals surface area contributed by atoms with Gasteiger partial charge in [-0.1, -0.05) is 61.5 Å². The molecule has 4 atom stereocenters. The van der Waals surface area contributed by atoms with Gasteiger partial charge < -0.3 is 19.9 Å². The van der Waals surface area contributed by atoms with E-state index in [-0.39, 0.29) is 35.5 Å². The molecule has 4 aromatic rings. The van der Waals surface area contributed by atoms with E-state index in [4.69, 9.17) is 9.47 Å². The van der Waals surface area contributed by atoms with Gasteiger partial charge in [0.2, 0.25) is 5.91 Å². The van der Waals surface area contributed by atoms with Crippen molar-refractivity contribution < 1.29 is 27.8 Å². The molecule has 1 unspecified atom stereocenters. The smallest absolute Gasteiger partial charge is 0.261 e. The minimum Gasteiger partial charge on any atom is -0.392 e. The molecule has 0 aromatic heterocycles. The molecule has 1 aliphatic heterocycles. The van der Waals surface area contributed by atoms with Crippen molar-refractivity contribution >= 4 is 39.1 Å². The van der Waals surface area contributed by atoms with Gasteiger partial charge in [0.25, 0.3) is 10.0 Å². The number of anilines is 2. The molecule has 1 heterocycles. The van der Waals surface area contributed by atoms with Crippen molar-refractivity contribution in [2.75, 3.05) is 15.8 Å². The average Bonchev–Trinajstić information content (AvgIpc) is 3.01. The van der Waals surface area contributed by atoms with Gasteiger partial charge in [-0.3, -0.25) is 9.52 Å². The number of benzene rings is 4. The Kier molecular flexibility index (Phi) is 9.84. The van der Waals surface area contributed by atoms with Crippen LogP contribution in [0.3, 0.4) is 0 Å². The molecular weight excluding hydrogens is 585 g/mol. The summed E-state index contributed by atoms with van der Waals surface area (Å²) >= 11 is 1.65. The van der Waals surface area contributed by atoms with Gasteiger partial charge in [-0.25, -0.2) is 8.42 Å². The molecule has 0 aliphatic carbocycles. The van der Waals surface area contributed by atoms with Crippen LogP contribution < -0.4 is 10.0 Å². The van der Waals surface area contributed by atoms with Gasteiger partial charge in [-0.05, 0) is 59.7 Å². The van der Waals surface area contributed by atoms with Crippen LogP contribution in [0.15, 0.2) is 113 Å². The van der Waals surface area contributed by atoms with E-state index in [0.29, 0.717) is 17.0 Å². The minimum absolute atomic E-state index is 0.0119. The van der Waals surface area contributed by atoms with Gasteiger partial charge in [0, 0.05) is 40.4 Å². The fourth-order valence-corrected chi connectivity index (χ4v) is 7.03. The predicted octanol–water partition coefficient (Wildman–Crippen LogP) is 6.52.